The van der Waals surface area contributed by atoms with E-state index < -0.39 is 17.6 Å². The number of methoxy groups -OCH3 is 2. The van der Waals surface area contributed by atoms with E-state index in [0.717, 1.165) is 48.4 Å². The van der Waals surface area contributed by atoms with Crippen LogP contribution in [0.3, 0.4) is 0 Å². The first-order chi connectivity index (χ1) is 24.6. The molecule has 2 aromatic heterocycles. The Balaban J connectivity index is 1.19. The molecule has 0 spiro atoms. The van der Waals surface area contributed by atoms with Crippen molar-refractivity contribution in [3.63, 3.8) is 0 Å². The van der Waals surface area contributed by atoms with Crippen molar-refractivity contribution in [2.24, 2.45) is 5.92 Å². The van der Waals surface area contributed by atoms with Gasteiger partial charge in [-0.25, -0.2) is 9.59 Å². The van der Waals surface area contributed by atoms with Crippen LogP contribution < -0.4 is 19.5 Å². The number of likely N-dealkylation sites (tertiary alicyclic amines) is 1. The summed E-state index contributed by atoms with van der Waals surface area (Å²) in [6, 6.07) is 16.8. The Labute approximate surface area is 311 Å². The number of fused-ring (bicyclic) bond motifs is 1. The highest BCUT2D eigenvalue weighted by molar-refractivity contribution is 7.13. The van der Waals surface area contributed by atoms with E-state index in [0.29, 0.717) is 57.7 Å². The Morgan fingerprint density at radius 1 is 1.04 bits per heavy atom. The molecule has 10 nitrogen and oxygen atoms in total. The maximum absolute atomic E-state index is 13.9. The molecule has 1 saturated heterocycles. The fraction of sp³-hybridized carbons (Fsp3) is 0.395. The molecule has 2 aliphatic rings. The Morgan fingerprint density at radius 2 is 1.76 bits per heavy atom. The van der Waals surface area contributed by atoms with Gasteiger partial charge in [-0.15, -0.1) is 11.3 Å². The molecule has 1 aliphatic heterocycles. The highest BCUT2D eigenvalue weighted by Crippen LogP contribution is 2.40. The molecule has 0 amide bonds. The SMILES string of the molecule is COc1ccc(C(Cc2c(Cl)c[n+]([O-])cc2Cl)OC(=O)c2ccc(CNC3(C(=O)OCC4CCN(C)CC4)CCc4ccccc43)s2)cc1OC. The zero-order valence-electron chi connectivity index (χ0n) is 28.8. The number of rotatable bonds is 13. The molecule has 2 atom stereocenters. The van der Waals surface area contributed by atoms with E-state index in [1.165, 1.54) is 38.0 Å². The van der Waals surface area contributed by atoms with Gasteiger partial charge < -0.3 is 29.1 Å². The number of halogens is 2. The highest BCUT2D eigenvalue weighted by atomic mass is 35.5. The number of nitrogens with zero attached hydrogens (tertiary/aromatic N) is 2. The zero-order chi connectivity index (χ0) is 36.1. The summed E-state index contributed by atoms with van der Waals surface area (Å²) in [4.78, 5) is 31.1. The topological polar surface area (TPSA) is 113 Å². The molecule has 6 rings (SSSR count). The largest absolute Gasteiger partial charge is 0.619 e. The van der Waals surface area contributed by atoms with Crippen molar-refractivity contribution in [3.05, 3.63) is 114 Å². The van der Waals surface area contributed by atoms with Crippen LogP contribution in [0, 0.1) is 11.1 Å². The van der Waals surface area contributed by atoms with Crippen molar-refractivity contribution in [1.82, 2.24) is 10.2 Å². The predicted octanol–water partition coefficient (Wildman–Crippen LogP) is 6.66. The van der Waals surface area contributed by atoms with Gasteiger partial charge in [-0.2, -0.15) is 4.73 Å². The fourth-order valence-corrected chi connectivity index (χ4v) is 8.25. The summed E-state index contributed by atoms with van der Waals surface area (Å²) in [6.07, 6.45) is 5.03. The number of hydrogen-bond donors (Lipinski definition) is 1. The molecule has 2 unspecified atom stereocenters. The lowest BCUT2D eigenvalue weighted by Crippen LogP contribution is -2.48. The van der Waals surface area contributed by atoms with E-state index in [9.17, 15) is 14.8 Å². The van der Waals surface area contributed by atoms with Crippen molar-refractivity contribution in [2.45, 2.75) is 50.3 Å². The summed E-state index contributed by atoms with van der Waals surface area (Å²) in [5.74, 6) is 0.505. The third-order valence-corrected chi connectivity index (χ3v) is 11.5. The van der Waals surface area contributed by atoms with Gasteiger partial charge in [0.15, 0.2) is 23.9 Å². The van der Waals surface area contributed by atoms with Gasteiger partial charge in [0.25, 0.3) is 0 Å². The fourth-order valence-electron chi connectivity index (χ4n) is 6.82. The minimum atomic E-state index is -0.984. The zero-order valence-corrected chi connectivity index (χ0v) is 31.1. The predicted molar refractivity (Wildman–Crippen MR) is 196 cm³/mol. The lowest BCUT2D eigenvalue weighted by atomic mass is 9.91. The monoisotopic (exact) mass is 753 g/mol. The molecule has 270 valence electrons. The number of benzene rings is 2. The first-order valence-corrected chi connectivity index (χ1v) is 18.4. The molecular formula is C38H41Cl2N3O7S. The third-order valence-electron chi connectivity index (χ3n) is 9.79. The van der Waals surface area contributed by atoms with Crippen LogP contribution in [-0.4, -0.2) is 57.8 Å². The van der Waals surface area contributed by atoms with Crippen molar-refractivity contribution < 1.29 is 33.3 Å². The average Bonchev–Trinajstić information content (AvgIpc) is 3.77. The van der Waals surface area contributed by atoms with Crippen LogP contribution in [0.2, 0.25) is 10.0 Å². The minimum Gasteiger partial charge on any atom is -0.619 e. The number of piperidine rings is 1. The number of thiophene rings is 1. The Morgan fingerprint density at radius 3 is 2.49 bits per heavy atom. The van der Waals surface area contributed by atoms with E-state index in [-0.39, 0.29) is 22.4 Å². The average molecular weight is 755 g/mol. The van der Waals surface area contributed by atoms with Gasteiger partial charge in [0, 0.05) is 23.4 Å². The van der Waals surface area contributed by atoms with E-state index in [2.05, 4.69) is 23.3 Å². The number of nitrogens with one attached hydrogen (secondary N) is 1. The van der Waals surface area contributed by atoms with Gasteiger partial charge in [-0.1, -0.05) is 53.5 Å². The molecule has 1 aliphatic carbocycles. The van der Waals surface area contributed by atoms with E-state index in [4.69, 9.17) is 42.1 Å². The second-order valence-corrected chi connectivity index (χ2v) is 15.0. The summed E-state index contributed by atoms with van der Waals surface area (Å²) in [5.41, 5.74) is 2.15. The first kappa shape index (κ1) is 36.9. The highest BCUT2D eigenvalue weighted by Gasteiger charge is 2.46. The summed E-state index contributed by atoms with van der Waals surface area (Å²) in [5, 5.41) is 15.7. The molecular weight excluding hydrogens is 713 g/mol. The normalized spacial score (nSPS) is 18.2. The van der Waals surface area contributed by atoms with Crippen LogP contribution in [0.1, 0.15) is 62.2 Å². The standard InChI is InChI=1S/C38H41Cl2N3O7S/c1-42-16-13-24(14-17-42)23-49-37(45)38(15-12-25-6-4-5-7-29(25)38)41-20-27-9-11-35(51-27)36(44)50-33(19-28-30(39)21-43(46)22-31(28)40)26-8-10-32(47-2)34(18-26)48-3/h4-11,18,21-22,24,33,41H,12-17,19-20,23H2,1-3H3. The Hall–Kier alpha value is -3.87. The quantitative estimate of drug-likeness (QED) is 0.0910. The minimum absolute atomic E-state index is 0.0983. The maximum Gasteiger partial charge on any atom is 0.348 e. The van der Waals surface area contributed by atoms with Crippen LogP contribution in [0.4, 0.5) is 0 Å². The number of carbonyl (C=O) groups is 2. The van der Waals surface area contributed by atoms with Gasteiger partial charge in [-0.3, -0.25) is 5.32 Å². The molecule has 0 bridgehead atoms. The Bertz CT molecular complexity index is 1860. The van der Waals surface area contributed by atoms with Gasteiger partial charge in [0.2, 0.25) is 0 Å². The van der Waals surface area contributed by atoms with Crippen molar-refractivity contribution in [1.29, 1.82) is 0 Å². The molecule has 13 heteroatoms. The molecule has 0 saturated carbocycles. The van der Waals surface area contributed by atoms with Crippen molar-refractivity contribution in [3.8, 4) is 11.5 Å². The van der Waals surface area contributed by atoms with Crippen molar-refractivity contribution >= 4 is 46.5 Å². The van der Waals surface area contributed by atoms with Crippen LogP contribution >= 0.6 is 34.5 Å². The van der Waals surface area contributed by atoms with Crippen molar-refractivity contribution in [2.75, 3.05) is 41.0 Å². The summed E-state index contributed by atoms with van der Waals surface area (Å²) in [7, 11) is 5.17. The van der Waals surface area contributed by atoms with Crippen LogP contribution in [0.15, 0.2) is 67.0 Å². The molecule has 2 aromatic carbocycles. The van der Waals surface area contributed by atoms with E-state index in [1.807, 2.05) is 24.3 Å². The number of aromatic nitrogens is 1. The number of ether oxygens (including phenoxy) is 4. The third kappa shape index (κ3) is 8.29. The summed E-state index contributed by atoms with van der Waals surface area (Å²) in [6.45, 7) is 2.76. The summed E-state index contributed by atoms with van der Waals surface area (Å²) < 4.78 is 23.6. The smallest absolute Gasteiger partial charge is 0.348 e. The second kappa shape index (κ2) is 16.2. The summed E-state index contributed by atoms with van der Waals surface area (Å²) >= 11 is 14.1. The molecule has 0 radical (unpaired) electrons. The van der Waals surface area contributed by atoms with Gasteiger partial charge in [0.05, 0.1) is 20.8 Å². The van der Waals surface area contributed by atoms with Gasteiger partial charge >= 0.3 is 11.9 Å². The number of esters is 2. The lowest BCUT2D eigenvalue weighted by Gasteiger charge is -2.32. The van der Waals surface area contributed by atoms with Gasteiger partial charge in [0.1, 0.15) is 26.6 Å². The number of carbonyl (C=O) groups excluding carboxylic acids is 2. The number of pyridine rings is 1. The molecule has 51 heavy (non-hydrogen) atoms. The first-order valence-electron chi connectivity index (χ1n) is 16.9. The molecule has 3 heterocycles. The van der Waals surface area contributed by atoms with E-state index >= 15 is 0 Å². The van der Waals surface area contributed by atoms with Gasteiger partial charge in [-0.05, 0) is 92.7 Å². The van der Waals surface area contributed by atoms with Crippen LogP contribution in [0.5, 0.6) is 11.5 Å². The van der Waals surface area contributed by atoms with Crippen LogP contribution in [0.25, 0.3) is 0 Å². The maximum atomic E-state index is 13.9. The lowest BCUT2D eigenvalue weighted by molar-refractivity contribution is -0.605. The molecule has 4 aromatic rings. The molecule has 1 N–H and O–H groups in total. The van der Waals surface area contributed by atoms with Crippen LogP contribution in [-0.2, 0) is 39.2 Å². The number of hydrogen-bond acceptors (Lipinski definition) is 10. The Kier molecular flexibility index (Phi) is 11.7. The second-order valence-electron chi connectivity index (χ2n) is 13.0. The van der Waals surface area contributed by atoms with E-state index in [1.54, 1.807) is 24.3 Å². The molecule has 1 fully saturated rings. The number of aryl methyl sites for hydroxylation is 1.